The summed E-state index contributed by atoms with van der Waals surface area (Å²) in [5.74, 6) is 0.0000781. The van der Waals surface area contributed by atoms with E-state index in [9.17, 15) is 9.18 Å². The van der Waals surface area contributed by atoms with Crippen LogP contribution < -0.4 is 5.32 Å². The predicted octanol–water partition coefficient (Wildman–Crippen LogP) is 3.91. The Morgan fingerprint density at radius 2 is 2.26 bits per heavy atom. The lowest BCUT2D eigenvalue weighted by Gasteiger charge is -2.17. The molecule has 1 amide bonds. The van der Waals surface area contributed by atoms with Gasteiger partial charge in [0.25, 0.3) is 0 Å². The van der Waals surface area contributed by atoms with Gasteiger partial charge in [-0.25, -0.2) is 4.39 Å². The molecule has 0 radical (unpaired) electrons. The second-order valence-corrected chi connectivity index (χ2v) is 5.94. The maximum atomic E-state index is 13.7. The van der Waals surface area contributed by atoms with Crippen molar-refractivity contribution >= 4 is 33.4 Å². The van der Waals surface area contributed by atoms with Crippen LogP contribution in [0.15, 0.2) is 18.2 Å². The standard InChI is InChI=1S/C14H16BrClFNO/c15-7-9-3-1-5-11(9)14(19)18-8-10-4-2-6-12(16)13(10)17/h2,4,6,9,11H,1,3,5,7-8H2,(H,18,19). The minimum atomic E-state index is -0.451. The first-order valence-corrected chi connectivity index (χ1v) is 7.90. The third kappa shape index (κ3) is 3.48. The fraction of sp³-hybridized carbons (Fsp3) is 0.500. The molecule has 0 heterocycles. The highest BCUT2D eigenvalue weighted by molar-refractivity contribution is 9.09. The van der Waals surface area contributed by atoms with Crippen molar-refractivity contribution in [2.24, 2.45) is 11.8 Å². The van der Waals surface area contributed by atoms with Crippen molar-refractivity contribution in [3.05, 3.63) is 34.6 Å². The van der Waals surface area contributed by atoms with E-state index >= 15 is 0 Å². The molecule has 0 bridgehead atoms. The zero-order chi connectivity index (χ0) is 13.8. The molecule has 0 aromatic heterocycles. The normalized spacial score (nSPS) is 22.5. The lowest BCUT2D eigenvalue weighted by molar-refractivity contribution is -0.125. The third-order valence-electron chi connectivity index (χ3n) is 3.68. The first-order valence-electron chi connectivity index (χ1n) is 6.40. The molecular formula is C14H16BrClFNO. The monoisotopic (exact) mass is 347 g/mol. The molecule has 104 valence electrons. The molecule has 2 unspecified atom stereocenters. The molecule has 0 aliphatic heterocycles. The number of carbonyl (C=O) groups is 1. The molecule has 0 spiro atoms. The number of carbonyl (C=O) groups excluding carboxylic acids is 1. The van der Waals surface area contributed by atoms with Crippen molar-refractivity contribution in [1.82, 2.24) is 5.32 Å². The van der Waals surface area contributed by atoms with Crippen LogP contribution in [0.4, 0.5) is 4.39 Å². The van der Waals surface area contributed by atoms with Crippen molar-refractivity contribution in [2.45, 2.75) is 25.8 Å². The smallest absolute Gasteiger partial charge is 0.223 e. The molecule has 2 rings (SSSR count). The Kier molecular flexibility index (Phi) is 5.22. The van der Waals surface area contributed by atoms with Crippen LogP contribution in [-0.2, 0) is 11.3 Å². The van der Waals surface area contributed by atoms with Gasteiger partial charge in [-0.15, -0.1) is 0 Å². The van der Waals surface area contributed by atoms with E-state index in [0.717, 1.165) is 24.6 Å². The summed E-state index contributed by atoms with van der Waals surface area (Å²) in [5.41, 5.74) is 0.425. The Balaban J connectivity index is 1.95. The van der Waals surface area contributed by atoms with Crippen LogP contribution in [0.3, 0.4) is 0 Å². The summed E-state index contributed by atoms with van der Waals surface area (Å²) in [5, 5.41) is 3.75. The van der Waals surface area contributed by atoms with Crippen LogP contribution >= 0.6 is 27.5 Å². The van der Waals surface area contributed by atoms with Crippen LogP contribution in [0.25, 0.3) is 0 Å². The van der Waals surface area contributed by atoms with Gasteiger partial charge in [0.1, 0.15) is 5.82 Å². The topological polar surface area (TPSA) is 29.1 Å². The number of rotatable bonds is 4. The number of alkyl halides is 1. The highest BCUT2D eigenvalue weighted by atomic mass is 79.9. The summed E-state index contributed by atoms with van der Waals surface area (Å²) in [6.45, 7) is 0.191. The molecule has 1 aromatic rings. The maximum absolute atomic E-state index is 13.7. The van der Waals surface area contributed by atoms with E-state index < -0.39 is 5.82 Å². The lowest BCUT2D eigenvalue weighted by atomic mass is 9.97. The van der Waals surface area contributed by atoms with E-state index in [-0.39, 0.29) is 23.4 Å². The highest BCUT2D eigenvalue weighted by Gasteiger charge is 2.31. The van der Waals surface area contributed by atoms with Crippen molar-refractivity contribution in [3.8, 4) is 0 Å². The Bertz CT molecular complexity index is 469. The second kappa shape index (κ2) is 6.71. The highest BCUT2D eigenvalue weighted by Crippen LogP contribution is 2.33. The van der Waals surface area contributed by atoms with Gasteiger partial charge in [0, 0.05) is 23.4 Å². The number of nitrogens with one attached hydrogen (secondary N) is 1. The van der Waals surface area contributed by atoms with Crippen molar-refractivity contribution in [3.63, 3.8) is 0 Å². The van der Waals surface area contributed by atoms with Gasteiger partial charge in [-0.2, -0.15) is 0 Å². The Hall–Kier alpha value is -0.610. The summed E-state index contributed by atoms with van der Waals surface area (Å²) in [4.78, 5) is 12.1. The average molecular weight is 349 g/mol. The van der Waals surface area contributed by atoms with Gasteiger partial charge in [-0.05, 0) is 24.8 Å². The van der Waals surface area contributed by atoms with Crippen molar-refractivity contribution in [2.75, 3.05) is 5.33 Å². The summed E-state index contributed by atoms with van der Waals surface area (Å²) in [7, 11) is 0. The van der Waals surface area contributed by atoms with Gasteiger partial charge in [-0.1, -0.05) is 46.1 Å². The van der Waals surface area contributed by atoms with E-state index in [4.69, 9.17) is 11.6 Å². The second-order valence-electron chi connectivity index (χ2n) is 4.88. The van der Waals surface area contributed by atoms with E-state index in [1.54, 1.807) is 12.1 Å². The van der Waals surface area contributed by atoms with Gasteiger partial charge in [-0.3, -0.25) is 4.79 Å². The molecule has 1 aliphatic carbocycles. The minimum Gasteiger partial charge on any atom is -0.352 e. The maximum Gasteiger partial charge on any atom is 0.223 e. The lowest BCUT2D eigenvalue weighted by Crippen LogP contribution is -2.33. The Morgan fingerprint density at radius 1 is 1.47 bits per heavy atom. The molecule has 1 fully saturated rings. The van der Waals surface area contributed by atoms with Gasteiger partial charge in [0.05, 0.1) is 5.02 Å². The first-order chi connectivity index (χ1) is 9.13. The molecule has 1 aromatic carbocycles. The molecule has 1 N–H and O–H groups in total. The van der Waals surface area contributed by atoms with Crippen molar-refractivity contribution < 1.29 is 9.18 Å². The number of halogens is 3. The molecule has 5 heteroatoms. The molecule has 1 aliphatic rings. The molecule has 2 atom stereocenters. The fourth-order valence-corrected chi connectivity index (χ4v) is 3.53. The first kappa shape index (κ1) is 14.8. The van der Waals surface area contributed by atoms with Gasteiger partial charge >= 0.3 is 0 Å². The van der Waals surface area contributed by atoms with Crippen LogP contribution in [0.1, 0.15) is 24.8 Å². The number of amides is 1. The van der Waals surface area contributed by atoms with Gasteiger partial charge in [0.2, 0.25) is 5.91 Å². The summed E-state index contributed by atoms with van der Waals surface area (Å²) in [6, 6.07) is 4.82. The van der Waals surface area contributed by atoms with Gasteiger partial charge < -0.3 is 5.32 Å². The van der Waals surface area contributed by atoms with E-state index in [1.807, 2.05) is 0 Å². The van der Waals surface area contributed by atoms with E-state index in [2.05, 4.69) is 21.2 Å². The quantitative estimate of drug-likeness (QED) is 0.821. The zero-order valence-corrected chi connectivity index (χ0v) is 12.8. The Labute approximate surface area is 125 Å². The van der Waals surface area contributed by atoms with Crippen LogP contribution in [-0.4, -0.2) is 11.2 Å². The fourth-order valence-electron chi connectivity index (χ4n) is 2.57. The molecule has 0 saturated heterocycles. The Morgan fingerprint density at radius 3 is 3.00 bits per heavy atom. The summed E-state index contributed by atoms with van der Waals surface area (Å²) < 4.78 is 13.7. The molecule has 1 saturated carbocycles. The summed E-state index contributed by atoms with van der Waals surface area (Å²) >= 11 is 9.15. The van der Waals surface area contributed by atoms with E-state index in [1.165, 1.54) is 6.07 Å². The van der Waals surface area contributed by atoms with Gasteiger partial charge in [0.15, 0.2) is 0 Å². The summed E-state index contributed by atoms with van der Waals surface area (Å²) in [6.07, 6.45) is 3.08. The third-order valence-corrected chi connectivity index (χ3v) is 4.80. The number of benzene rings is 1. The SMILES string of the molecule is O=C(NCc1cccc(Cl)c1F)C1CCCC1CBr. The predicted molar refractivity (Wildman–Crippen MR) is 77.9 cm³/mol. The zero-order valence-electron chi connectivity index (χ0n) is 10.5. The number of hydrogen-bond acceptors (Lipinski definition) is 1. The molecule has 19 heavy (non-hydrogen) atoms. The van der Waals surface area contributed by atoms with Crippen LogP contribution in [0.5, 0.6) is 0 Å². The van der Waals surface area contributed by atoms with Crippen LogP contribution in [0, 0.1) is 17.7 Å². The molecule has 2 nitrogen and oxygen atoms in total. The van der Waals surface area contributed by atoms with Crippen LogP contribution in [0.2, 0.25) is 5.02 Å². The van der Waals surface area contributed by atoms with E-state index in [0.29, 0.717) is 11.5 Å². The minimum absolute atomic E-state index is 0.0151. The largest absolute Gasteiger partial charge is 0.352 e. The average Bonchev–Trinajstić information content (AvgIpc) is 2.88. The van der Waals surface area contributed by atoms with Crippen molar-refractivity contribution in [1.29, 1.82) is 0 Å². The molecular weight excluding hydrogens is 333 g/mol. The number of hydrogen-bond donors (Lipinski definition) is 1.